The molecular weight excluding hydrogens is 479 g/mol. The smallest absolute Gasteiger partial charge is 0.379 e. The van der Waals surface area contributed by atoms with Crippen LogP contribution in [0.25, 0.3) is 0 Å². The van der Waals surface area contributed by atoms with Gasteiger partial charge in [0, 0.05) is 36.6 Å². The van der Waals surface area contributed by atoms with Gasteiger partial charge in [0.1, 0.15) is 5.84 Å². The van der Waals surface area contributed by atoms with Gasteiger partial charge >= 0.3 is 12.1 Å². The molecule has 3 aliphatic rings. The van der Waals surface area contributed by atoms with Crippen molar-refractivity contribution in [1.29, 1.82) is 5.41 Å². The normalized spacial score (nSPS) is 24.9. The Labute approximate surface area is 196 Å². The molecule has 1 unspecified atom stereocenters. The summed E-state index contributed by atoms with van der Waals surface area (Å²) < 4.78 is 71.2. The van der Waals surface area contributed by atoms with Crippen LogP contribution in [0.1, 0.15) is 47.7 Å². The first kappa shape index (κ1) is 25.0. The van der Waals surface area contributed by atoms with Crippen molar-refractivity contribution in [2.75, 3.05) is 13.2 Å². The van der Waals surface area contributed by atoms with Crippen LogP contribution in [0, 0.1) is 10.8 Å². The molecule has 1 aromatic rings. The van der Waals surface area contributed by atoms with Gasteiger partial charge < -0.3 is 20.3 Å². The molecule has 1 saturated carbocycles. The molecule has 0 bridgehead atoms. The van der Waals surface area contributed by atoms with E-state index in [0.29, 0.717) is 5.56 Å². The molecule has 1 aliphatic carbocycles. The zero-order chi connectivity index (χ0) is 25.8. The molecule has 35 heavy (non-hydrogen) atoms. The Morgan fingerprint density at radius 1 is 1.23 bits per heavy atom. The predicted molar refractivity (Wildman–Crippen MR) is 111 cm³/mol. The van der Waals surface area contributed by atoms with E-state index < -0.39 is 60.1 Å². The van der Waals surface area contributed by atoms with Crippen LogP contribution in [-0.2, 0) is 20.9 Å². The van der Waals surface area contributed by atoms with Gasteiger partial charge in [-0.15, -0.1) is 0 Å². The molecule has 0 spiro atoms. The first-order valence-corrected chi connectivity index (χ1v) is 10.9. The number of alkyl halides is 5. The van der Waals surface area contributed by atoms with E-state index in [4.69, 9.17) is 10.1 Å². The summed E-state index contributed by atoms with van der Waals surface area (Å²) >= 11 is 0. The molecule has 2 heterocycles. The molecule has 0 radical (unpaired) electrons. The third kappa shape index (κ3) is 4.86. The van der Waals surface area contributed by atoms with Crippen molar-refractivity contribution in [3.05, 3.63) is 34.9 Å². The largest absolute Gasteiger partial charge is 0.471 e. The molecule has 3 N–H and O–H groups in total. The highest BCUT2D eigenvalue weighted by Gasteiger charge is 2.49. The van der Waals surface area contributed by atoms with Crippen LogP contribution >= 0.6 is 0 Å². The van der Waals surface area contributed by atoms with Crippen LogP contribution in [0.4, 0.5) is 22.0 Å². The van der Waals surface area contributed by atoms with Gasteiger partial charge in [-0.2, -0.15) is 13.2 Å². The number of benzene rings is 1. The van der Waals surface area contributed by atoms with Gasteiger partial charge in [-0.05, 0) is 25.0 Å². The first-order chi connectivity index (χ1) is 16.2. The summed E-state index contributed by atoms with van der Waals surface area (Å²) in [4.78, 5) is 38.2. The number of hydrogen-bond donors (Lipinski definition) is 3. The Balaban J connectivity index is 1.53. The minimum atomic E-state index is -5.19. The average Bonchev–Trinajstić information content (AvgIpc) is 3.08. The SMILES string of the molecule is CC1(C(=O)N[C@@H]2CCC(F)(F)CC2N2Cc3ccc(C(=N)NC(=O)C(F)(F)F)cc3C2=O)COC1. The molecule has 2 aliphatic heterocycles. The van der Waals surface area contributed by atoms with E-state index in [2.05, 4.69) is 5.32 Å². The van der Waals surface area contributed by atoms with Gasteiger partial charge in [0.05, 0.1) is 24.7 Å². The Bertz CT molecular complexity index is 1090. The van der Waals surface area contributed by atoms with Crippen molar-refractivity contribution in [2.24, 2.45) is 5.41 Å². The van der Waals surface area contributed by atoms with E-state index in [1.165, 1.54) is 22.3 Å². The Morgan fingerprint density at radius 2 is 1.91 bits per heavy atom. The number of nitrogens with zero attached hydrogens (tertiary/aromatic N) is 1. The minimum Gasteiger partial charge on any atom is -0.379 e. The summed E-state index contributed by atoms with van der Waals surface area (Å²) in [6, 6.07) is 2.08. The van der Waals surface area contributed by atoms with Crippen molar-refractivity contribution in [3.63, 3.8) is 0 Å². The van der Waals surface area contributed by atoms with E-state index in [1.807, 2.05) is 0 Å². The van der Waals surface area contributed by atoms with Crippen molar-refractivity contribution in [3.8, 4) is 0 Å². The number of carbonyl (C=O) groups excluding carboxylic acids is 3. The molecule has 2 atom stereocenters. The summed E-state index contributed by atoms with van der Waals surface area (Å²) in [5.41, 5.74) is -0.439. The molecule has 190 valence electrons. The molecule has 13 heteroatoms. The number of rotatable bonds is 4. The Hall–Kier alpha value is -3.09. The fraction of sp³-hybridized carbons (Fsp3) is 0.545. The average molecular weight is 502 g/mol. The highest BCUT2D eigenvalue weighted by atomic mass is 19.4. The summed E-state index contributed by atoms with van der Waals surface area (Å²) in [6.07, 6.45) is -6.34. The molecule has 1 aromatic carbocycles. The number of nitrogens with one attached hydrogen (secondary N) is 3. The van der Waals surface area contributed by atoms with Crippen LogP contribution in [-0.4, -0.2) is 65.9 Å². The van der Waals surface area contributed by atoms with E-state index in [9.17, 15) is 36.3 Å². The number of fused-ring (bicyclic) bond motifs is 1. The Kier molecular flexibility index (Phi) is 6.10. The standard InChI is InChI=1S/C22H23F5N4O4/c1-20(9-35-10-20)18(33)29-14-4-5-21(23,24)7-15(14)31-8-12-3-2-11(6-13(12)17(31)32)16(28)30-19(34)22(25,26)27/h2-3,6,14-15H,4-5,7-10H2,1H3,(H,29,33)(H2,28,30,34)/t14-,15?/m1/s1. The zero-order valence-electron chi connectivity index (χ0n) is 18.6. The summed E-state index contributed by atoms with van der Waals surface area (Å²) in [6.45, 7) is 2.08. The maximum absolute atomic E-state index is 14.3. The van der Waals surface area contributed by atoms with Crippen LogP contribution < -0.4 is 10.6 Å². The fourth-order valence-corrected chi connectivity index (χ4v) is 4.49. The number of halogens is 5. The van der Waals surface area contributed by atoms with E-state index >= 15 is 0 Å². The topological polar surface area (TPSA) is 112 Å². The lowest BCUT2D eigenvalue weighted by atomic mass is 9.83. The highest BCUT2D eigenvalue weighted by molar-refractivity contribution is 6.09. The fourth-order valence-electron chi connectivity index (χ4n) is 4.49. The van der Waals surface area contributed by atoms with Crippen LogP contribution in [0.15, 0.2) is 18.2 Å². The van der Waals surface area contributed by atoms with Crippen LogP contribution in [0.2, 0.25) is 0 Å². The van der Waals surface area contributed by atoms with Crippen molar-refractivity contribution in [1.82, 2.24) is 15.5 Å². The lowest BCUT2D eigenvalue weighted by molar-refractivity contribution is -0.171. The molecule has 3 amide bonds. The number of carbonyl (C=O) groups is 3. The van der Waals surface area contributed by atoms with Crippen molar-refractivity contribution >= 4 is 23.6 Å². The van der Waals surface area contributed by atoms with Gasteiger partial charge in [0.25, 0.3) is 5.91 Å². The van der Waals surface area contributed by atoms with Crippen LogP contribution in [0.3, 0.4) is 0 Å². The lowest BCUT2D eigenvalue weighted by Gasteiger charge is -2.43. The van der Waals surface area contributed by atoms with E-state index in [-0.39, 0.29) is 43.2 Å². The third-order valence-corrected chi connectivity index (χ3v) is 6.63. The molecular formula is C22H23F5N4O4. The predicted octanol–water partition coefficient (Wildman–Crippen LogP) is 2.36. The number of ether oxygens (including phenoxy) is 1. The first-order valence-electron chi connectivity index (χ1n) is 10.9. The number of hydrogen-bond acceptors (Lipinski definition) is 5. The van der Waals surface area contributed by atoms with Gasteiger partial charge in [-0.25, -0.2) is 8.78 Å². The summed E-state index contributed by atoms with van der Waals surface area (Å²) in [5.74, 6) is -7.21. The molecule has 2 fully saturated rings. The van der Waals surface area contributed by atoms with Gasteiger partial charge in [0.15, 0.2) is 0 Å². The van der Waals surface area contributed by atoms with Gasteiger partial charge in [0.2, 0.25) is 11.8 Å². The molecule has 0 aromatic heterocycles. The zero-order valence-corrected chi connectivity index (χ0v) is 18.6. The van der Waals surface area contributed by atoms with E-state index in [0.717, 1.165) is 6.07 Å². The second kappa shape index (κ2) is 8.54. The molecule has 4 rings (SSSR count). The summed E-state index contributed by atoms with van der Waals surface area (Å²) in [7, 11) is 0. The van der Waals surface area contributed by atoms with E-state index in [1.54, 1.807) is 6.92 Å². The minimum absolute atomic E-state index is 0.0341. The third-order valence-electron chi connectivity index (χ3n) is 6.63. The second-order valence-corrected chi connectivity index (χ2v) is 9.43. The molecule has 1 saturated heterocycles. The Morgan fingerprint density at radius 3 is 2.51 bits per heavy atom. The van der Waals surface area contributed by atoms with Crippen molar-refractivity contribution < 1.29 is 41.1 Å². The second-order valence-electron chi connectivity index (χ2n) is 9.43. The number of amides is 3. The van der Waals surface area contributed by atoms with Crippen molar-refractivity contribution in [2.45, 2.75) is 56.9 Å². The van der Waals surface area contributed by atoms with Gasteiger partial charge in [-0.1, -0.05) is 12.1 Å². The quantitative estimate of drug-likeness (QED) is 0.334. The van der Waals surface area contributed by atoms with Gasteiger partial charge in [-0.3, -0.25) is 19.8 Å². The maximum atomic E-state index is 14.3. The monoisotopic (exact) mass is 502 g/mol. The number of amidine groups is 1. The molecule has 8 nitrogen and oxygen atoms in total. The summed E-state index contributed by atoms with van der Waals surface area (Å²) in [5, 5.41) is 12.0. The lowest BCUT2D eigenvalue weighted by Crippen LogP contribution is -2.61. The maximum Gasteiger partial charge on any atom is 0.471 e. The highest BCUT2D eigenvalue weighted by Crippen LogP contribution is 2.39. The van der Waals surface area contributed by atoms with Crippen LogP contribution in [0.5, 0.6) is 0 Å².